The van der Waals surface area contributed by atoms with Gasteiger partial charge in [0.05, 0.1) is 0 Å². The fourth-order valence-electron chi connectivity index (χ4n) is 0.841. The van der Waals surface area contributed by atoms with Crippen LogP contribution in [0, 0.1) is 6.92 Å². The van der Waals surface area contributed by atoms with Gasteiger partial charge >= 0.3 is 70.2 Å². The molecule has 48 valence electrons. The number of benzene rings is 1. The summed E-state index contributed by atoms with van der Waals surface area (Å²) < 4.78 is 6.36. The molecule has 0 aliphatic heterocycles. The fraction of sp³-hybridized carbons (Fsp3) is 0.250. The minimum absolute atomic E-state index is 0.933. The molecule has 0 saturated carbocycles. The van der Waals surface area contributed by atoms with Crippen molar-refractivity contribution in [1.82, 2.24) is 0 Å². The first-order chi connectivity index (χ1) is 4.74. The molecule has 0 spiro atoms. The third kappa shape index (κ3) is 1.56. The molecule has 0 amide bonds. The zero-order valence-electron chi connectivity index (χ0n) is 6.64. The van der Waals surface area contributed by atoms with Gasteiger partial charge < -0.3 is 0 Å². The molecule has 1 aromatic rings. The molecule has 0 aliphatic rings. The Morgan fingerprint density at radius 3 is 2.60 bits per heavy atom. The van der Waals surface area contributed by atoms with Crippen molar-refractivity contribution in [2.24, 2.45) is 0 Å². The van der Waals surface area contributed by atoms with Crippen LogP contribution in [0.4, 0.5) is 0 Å². The number of hydrogen-bond acceptors (Lipinski definition) is 1. The fourth-order valence-corrected chi connectivity index (χ4v) is 0.841. The number of methoxy groups -OCH3 is 1. The Kier molecular flexibility index (Phi) is 2.43. The van der Waals surface area contributed by atoms with Gasteiger partial charge in [-0.05, 0) is 0 Å². The first-order valence-corrected chi connectivity index (χ1v) is 3.35. The van der Waals surface area contributed by atoms with Gasteiger partial charge in [0.2, 0.25) is 0 Å². The van der Waals surface area contributed by atoms with Gasteiger partial charge in [-0.2, -0.15) is 0 Å². The Balaban J connectivity index is 3.04. The van der Waals surface area contributed by atoms with E-state index in [1.54, 1.807) is 7.11 Å². The van der Waals surface area contributed by atoms with Crippen LogP contribution in [0.5, 0.6) is 5.75 Å². The van der Waals surface area contributed by atoms with Crippen molar-refractivity contribution in [3.8, 4) is 5.75 Å². The van der Waals surface area contributed by atoms with Gasteiger partial charge in [-0.25, -0.2) is 0 Å². The van der Waals surface area contributed by atoms with Gasteiger partial charge in [-0.3, -0.25) is 0 Å². The first kappa shape index (κ1) is 7.72. The third-order valence-corrected chi connectivity index (χ3v) is 1.71. The molecular weight excluding hydrogens is 119 g/mol. The molecule has 0 unspecified atom stereocenters. The monoisotopic (exact) mass is 128 g/mol. The normalized spacial score (nSPS) is 9.60. The molecule has 0 heterocycles. The molecule has 0 fully saturated rings. The van der Waals surface area contributed by atoms with Crippen LogP contribution in [0.1, 0.15) is 5.56 Å². The van der Waals surface area contributed by atoms with Crippen LogP contribution in [-0.2, 0) is 0 Å². The van der Waals surface area contributed by atoms with Crippen molar-refractivity contribution in [3.05, 3.63) is 23.8 Å². The van der Waals surface area contributed by atoms with Crippen molar-refractivity contribution in [3.63, 3.8) is 0 Å². The molecule has 2 heteroatoms. The summed E-state index contributed by atoms with van der Waals surface area (Å²) in [5.41, 5.74) is 1.28. The van der Waals surface area contributed by atoms with Crippen molar-refractivity contribution >= 4 is 22.0 Å². The predicted molar refractivity (Wildman–Crippen MR) is 43.1 cm³/mol. The van der Waals surface area contributed by atoms with Gasteiger partial charge in [0.25, 0.3) is 0 Å². The van der Waals surface area contributed by atoms with E-state index in [2.05, 4.69) is 30.7 Å². The molecule has 1 rings (SSSR count). The van der Waals surface area contributed by atoms with Gasteiger partial charge in [-0.15, -0.1) is 0 Å². The van der Waals surface area contributed by atoms with Gasteiger partial charge in [0, 0.05) is 0 Å². The van der Waals surface area contributed by atoms with E-state index >= 15 is 0 Å². The zero-order chi connectivity index (χ0) is 7.56. The summed E-state index contributed by atoms with van der Waals surface area (Å²) in [5.74, 6) is 0.933. The molecule has 10 heavy (non-hydrogen) atoms. The summed E-state index contributed by atoms with van der Waals surface area (Å²) >= 11 is 2.09. The van der Waals surface area contributed by atoms with Gasteiger partial charge in [-0.1, -0.05) is 0 Å². The Bertz CT molecular complexity index is 233. The second-order valence-electron chi connectivity index (χ2n) is 2.45. The quantitative estimate of drug-likeness (QED) is 0.508. The Morgan fingerprint density at radius 2 is 2.10 bits per heavy atom. The summed E-state index contributed by atoms with van der Waals surface area (Å²) in [4.78, 5) is 0. The predicted octanol–water partition coefficient (Wildman–Crippen LogP) is 0.797. The maximum absolute atomic E-state index is 5.05. The minimum atomic E-state index is 0.933. The van der Waals surface area contributed by atoms with Crippen molar-refractivity contribution in [1.29, 1.82) is 0 Å². The van der Waals surface area contributed by atoms with E-state index < -0.39 is 0 Å². The molecule has 1 aromatic carbocycles. The van der Waals surface area contributed by atoms with Crippen LogP contribution >= 0.6 is 0 Å². The molecule has 0 radical (unpaired) electrons. The number of ether oxygens (including phenoxy) is 1. The van der Waals surface area contributed by atoms with E-state index in [9.17, 15) is 0 Å². The van der Waals surface area contributed by atoms with E-state index in [-0.39, 0.29) is 0 Å². The van der Waals surface area contributed by atoms with Crippen LogP contribution in [-0.4, -0.2) is 24.8 Å². The second kappa shape index (κ2) is 3.14. The second-order valence-corrected chi connectivity index (χ2v) is 2.45. The first-order valence-electron chi connectivity index (χ1n) is 3.35. The Hall–Kier alpha value is -0.383. The topological polar surface area (TPSA) is 9.23 Å². The average molecular weight is 128 g/mol. The van der Waals surface area contributed by atoms with Crippen LogP contribution in [0.3, 0.4) is 0 Å². The van der Waals surface area contributed by atoms with Crippen LogP contribution in [0.15, 0.2) is 18.2 Å². The van der Waals surface area contributed by atoms with E-state index in [1.165, 1.54) is 9.80 Å². The van der Waals surface area contributed by atoms with Crippen LogP contribution in [0.25, 0.3) is 0 Å². The summed E-state index contributed by atoms with van der Waals surface area (Å²) in [7, 11) is 1.68. The summed E-state index contributed by atoms with van der Waals surface area (Å²) in [5, 5.41) is 0. The third-order valence-electron chi connectivity index (χ3n) is 1.71. The molecule has 0 N–H and O–H groups in total. The number of rotatable bonds is 1. The van der Waals surface area contributed by atoms with E-state index in [0.29, 0.717) is 0 Å². The number of hydrogen-bond donors (Lipinski definition) is 0. The van der Waals surface area contributed by atoms with Crippen LogP contribution in [0.2, 0.25) is 0 Å². The van der Waals surface area contributed by atoms with Crippen molar-refractivity contribution in [2.45, 2.75) is 6.92 Å². The van der Waals surface area contributed by atoms with Crippen molar-refractivity contribution < 1.29 is 4.74 Å². The standard InChI is InChI=1S/C8H9O.Li/c1-7-4-3-5-8(6-7)9-2;/h3,5-6H,1-2H3;. The Labute approximate surface area is 70.6 Å². The molecule has 0 saturated heterocycles. The molecule has 0 aromatic heterocycles. The summed E-state index contributed by atoms with van der Waals surface area (Å²) in [6.45, 7) is 2.08. The van der Waals surface area contributed by atoms with Gasteiger partial charge in [0.1, 0.15) is 0 Å². The molecular formula is C8H9LiO. The van der Waals surface area contributed by atoms with Crippen molar-refractivity contribution in [2.75, 3.05) is 7.11 Å². The van der Waals surface area contributed by atoms with E-state index in [1.807, 2.05) is 12.1 Å². The SMILES string of the molecule is [Li][c]1ccc(OC)cc1C. The van der Waals surface area contributed by atoms with Crippen LogP contribution < -0.4 is 8.97 Å². The average Bonchev–Trinajstić information content (AvgIpc) is 1.95. The van der Waals surface area contributed by atoms with Gasteiger partial charge in [0.15, 0.2) is 0 Å². The molecule has 0 aliphatic carbocycles. The maximum atomic E-state index is 5.05. The number of aryl methyl sites for hydroxylation is 1. The van der Waals surface area contributed by atoms with E-state index in [4.69, 9.17) is 4.74 Å². The summed E-state index contributed by atoms with van der Waals surface area (Å²) in [6, 6.07) is 6.08. The molecule has 0 bridgehead atoms. The van der Waals surface area contributed by atoms with E-state index in [0.717, 1.165) is 5.75 Å². The molecule has 0 atom stereocenters. The molecule has 1 nitrogen and oxygen atoms in total. The Morgan fingerprint density at radius 1 is 1.40 bits per heavy atom. The summed E-state index contributed by atoms with van der Waals surface area (Å²) in [6.07, 6.45) is 0. The zero-order valence-corrected chi connectivity index (χ0v) is 6.64.